The van der Waals surface area contributed by atoms with Crippen LogP contribution in [0.2, 0.25) is 0 Å². The molecule has 3 rings (SSSR count). The molecule has 2 aromatic heterocycles. The molecule has 2 heterocycles. The molecule has 0 spiro atoms. The van der Waals surface area contributed by atoms with Gasteiger partial charge in [-0.25, -0.2) is 0 Å². The van der Waals surface area contributed by atoms with Crippen molar-refractivity contribution in [2.75, 3.05) is 5.73 Å². The van der Waals surface area contributed by atoms with Gasteiger partial charge in [0, 0.05) is 17.8 Å². The Hall–Kier alpha value is -2.82. The van der Waals surface area contributed by atoms with E-state index in [9.17, 15) is 4.79 Å². The quantitative estimate of drug-likeness (QED) is 0.665. The van der Waals surface area contributed by atoms with Crippen molar-refractivity contribution in [1.82, 2.24) is 15.2 Å². The first-order valence-electron chi connectivity index (χ1n) is 6.25. The molecular formula is C15H14N4O. The topological polar surface area (TPSA) is 87.6 Å². The second-order valence-corrected chi connectivity index (χ2v) is 4.67. The molecule has 0 aliphatic carbocycles. The van der Waals surface area contributed by atoms with Gasteiger partial charge in [-0.1, -0.05) is 29.8 Å². The third-order valence-corrected chi connectivity index (χ3v) is 3.21. The molecular weight excluding hydrogens is 252 g/mol. The number of H-pyrrole nitrogens is 2. The molecule has 0 saturated heterocycles. The van der Waals surface area contributed by atoms with Crippen LogP contribution in [-0.4, -0.2) is 15.2 Å². The Kier molecular flexibility index (Phi) is 2.87. The molecule has 0 atom stereocenters. The summed E-state index contributed by atoms with van der Waals surface area (Å²) in [5.74, 6) is 0.440. The number of hydrogen-bond donors (Lipinski definition) is 3. The molecule has 0 radical (unpaired) electrons. The molecule has 0 unspecified atom stereocenters. The van der Waals surface area contributed by atoms with Gasteiger partial charge < -0.3 is 10.7 Å². The number of aromatic amines is 2. The molecule has 100 valence electrons. The Morgan fingerprint density at radius 3 is 2.40 bits per heavy atom. The number of aromatic nitrogens is 3. The van der Waals surface area contributed by atoms with Gasteiger partial charge in [0.25, 0.3) is 0 Å². The van der Waals surface area contributed by atoms with E-state index in [2.05, 4.69) is 15.2 Å². The normalized spacial score (nSPS) is 10.7. The fourth-order valence-electron chi connectivity index (χ4n) is 2.14. The van der Waals surface area contributed by atoms with Crippen LogP contribution in [-0.2, 0) is 0 Å². The van der Waals surface area contributed by atoms with Crippen molar-refractivity contribution in [2.45, 2.75) is 6.92 Å². The minimum absolute atomic E-state index is 0.141. The summed E-state index contributed by atoms with van der Waals surface area (Å²) in [6.07, 6.45) is 1.65. The van der Waals surface area contributed by atoms with Crippen LogP contribution in [0.5, 0.6) is 0 Å². The van der Waals surface area contributed by atoms with E-state index in [1.54, 1.807) is 12.3 Å². The Bertz CT molecular complexity index is 779. The minimum atomic E-state index is -0.141. The molecule has 0 saturated carbocycles. The number of nitrogens with two attached hydrogens (primary N) is 1. The minimum Gasteiger partial charge on any atom is -0.382 e. The van der Waals surface area contributed by atoms with Crippen molar-refractivity contribution >= 4 is 5.82 Å². The number of nitrogens with zero attached hydrogens (tertiary/aromatic N) is 1. The van der Waals surface area contributed by atoms with Gasteiger partial charge in [0.2, 0.25) is 5.56 Å². The predicted octanol–water partition coefficient (Wildman–Crippen LogP) is 2.32. The monoisotopic (exact) mass is 266 g/mol. The summed E-state index contributed by atoms with van der Waals surface area (Å²) in [6.45, 7) is 2.03. The summed E-state index contributed by atoms with van der Waals surface area (Å²) in [7, 11) is 0. The smallest absolute Gasteiger partial charge is 0.247 e. The maximum Gasteiger partial charge on any atom is 0.247 e. The largest absolute Gasteiger partial charge is 0.382 e. The molecule has 1 aromatic carbocycles. The summed E-state index contributed by atoms with van der Waals surface area (Å²) >= 11 is 0. The zero-order chi connectivity index (χ0) is 14.1. The Morgan fingerprint density at radius 2 is 1.75 bits per heavy atom. The van der Waals surface area contributed by atoms with Crippen molar-refractivity contribution < 1.29 is 0 Å². The molecule has 0 aliphatic rings. The molecule has 0 aliphatic heterocycles. The van der Waals surface area contributed by atoms with Crippen molar-refractivity contribution in [3.8, 4) is 22.4 Å². The van der Waals surface area contributed by atoms with E-state index in [-0.39, 0.29) is 5.56 Å². The van der Waals surface area contributed by atoms with E-state index in [0.717, 1.165) is 22.4 Å². The summed E-state index contributed by atoms with van der Waals surface area (Å²) in [4.78, 5) is 13.8. The average Bonchev–Trinajstić information content (AvgIpc) is 2.83. The van der Waals surface area contributed by atoms with E-state index < -0.39 is 0 Å². The van der Waals surface area contributed by atoms with Crippen LogP contribution in [0.25, 0.3) is 22.4 Å². The van der Waals surface area contributed by atoms with Crippen molar-refractivity contribution in [2.24, 2.45) is 0 Å². The predicted molar refractivity (Wildman–Crippen MR) is 79.2 cm³/mol. The van der Waals surface area contributed by atoms with Gasteiger partial charge in [-0.3, -0.25) is 9.89 Å². The number of hydrogen-bond acceptors (Lipinski definition) is 3. The zero-order valence-electron chi connectivity index (χ0n) is 11.0. The standard InChI is InChI=1S/C15H14N4O/c1-9-2-4-10(5-3-9)13-14(18-19-15(13)16)11-6-7-12(20)17-8-11/h2-8H,1H3,(H,17,20)(H3,16,18,19). The molecule has 20 heavy (non-hydrogen) atoms. The first-order chi connectivity index (χ1) is 9.65. The van der Waals surface area contributed by atoms with Crippen LogP contribution in [0.1, 0.15) is 5.56 Å². The third kappa shape index (κ3) is 2.09. The Labute approximate surface area is 115 Å². The molecule has 5 heteroatoms. The van der Waals surface area contributed by atoms with Crippen molar-refractivity contribution in [3.63, 3.8) is 0 Å². The average molecular weight is 266 g/mol. The summed E-state index contributed by atoms with van der Waals surface area (Å²) < 4.78 is 0. The van der Waals surface area contributed by atoms with Crippen LogP contribution >= 0.6 is 0 Å². The maximum atomic E-state index is 11.1. The lowest BCUT2D eigenvalue weighted by atomic mass is 10.0. The molecule has 0 fully saturated rings. The SMILES string of the molecule is Cc1ccc(-c2c(N)n[nH]c2-c2ccc(=O)[nH]c2)cc1. The molecule has 0 amide bonds. The van der Waals surface area contributed by atoms with Gasteiger partial charge >= 0.3 is 0 Å². The molecule has 0 bridgehead atoms. The van der Waals surface area contributed by atoms with Crippen molar-refractivity contribution in [3.05, 3.63) is 58.5 Å². The lowest BCUT2D eigenvalue weighted by Crippen LogP contribution is -2.01. The fourth-order valence-corrected chi connectivity index (χ4v) is 2.14. The van der Waals surface area contributed by atoms with E-state index in [4.69, 9.17) is 5.73 Å². The molecule has 3 aromatic rings. The van der Waals surface area contributed by atoms with Gasteiger partial charge in [0.15, 0.2) is 5.82 Å². The van der Waals surface area contributed by atoms with Crippen LogP contribution < -0.4 is 11.3 Å². The second-order valence-electron chi connectivity index (χ2n) is 4.67. The molecule has 5 nitrogen and oxygen atoms in total. The first-order valence-corrected chi connectivity index (χ1v) is 6.25. The number of rotatable bonds is 2. The molecule has 4 N–H and O–H groups in total. The van der Waals surface area contributed by atoms with Gasteiger partial charge in [-0.15, -0.1) is 0 Å². The lowest BCUT2D eigenvalue weighted by Gasteiger charge is -2.05. The Morgan fingerprint density at radius 1 is 1.05 bits per heavy atom. The highest BCUT2D eigenvalue weighted by Crippen LogP contribution is 2.34. The Balaban J connectivity index is 2.16. The second kappa shape index (κ2) is 4.70. The number of aryl methyl sites for hydroxylation is 1. The highest BCUT2D eigenvalue weighted by molar-refractivity contribution is 5.87. The highest BCUT2D eigenvalue weighted by atomic mass is 16.1. The number of benzene rings is 1. The van der Waals surface area contributed by atoms with Gasteiger partial charge in [-0.05, 0) is 18.6 Å². The lowest BCUT2D eigenvalue weighted by molar-refractivity contribution is 1.10. The van der Waals surface area contributed by atoms with E-state index in [1.807, 2.05) is 31.2 Å². The van der Waals surface area contributed by atoms with Crippen LogP contribution in [0, 0.1) is 6.92 Å². The fraction of sp³-hybridized carbons (Fsp3) is 0.0667. The van der Waals surface area contributed by atoms with Crippen LogP contribution in [0.4, 0.5) is 5.82 Å². The van der Waals surface area contributed by atoms with Gasteiger partial charge in [0.1, 0.15) is 0 Å². The summed E-state index contributed by atoms with van der Waals surface area (Å²) in [5.41, 5.74) is 10.5. The zero-order valence-corrected chi connectivity index (χ0v) is 11.0. The van der Waals surface area contributed by atoms with Crippen molar-refractivity contribution in [1.29, 1.82) is 0 Å². The summed E-state index contributed by atoms with van der Waals surface area (Å²) in [5, 5.41) is 7.00. The van der Waals surface area contributed by atoms with Crippen LogP contribution in [0.3, 0.4) is 0 Å². The van der Waals surface area contributed by atoms with Gasteiger partial charge in [0.05, 0.1) is 11.3 Å². The number of nitrogen functional groups attached to an aromatic ring is 1. The number of pyridine rings is 1. The summed E-state index contributed by atoms with van der Waals surface area (Å²) in [6, 6.07) is 11.3. The van der Waals surface area contributed by atoms with E-state index >= 15 is 0 Å². The van der Waals surface area contributed by atoms with Crippen LogP contribution in [0.15, 0.2) is 47.4 Å². The first kappa shape index (κ1) is 12.2. The van der Waals surface area contributed by atoms with Gasteiger partial charge in [-0.2, -0.15) is 5.10 Å². The maximum absolute atomic E-state index is 11.1. The number of nitrogens with one attached hydrogen (secondary N) is 2. The highest BCUT2D eigenvalue weighted by Gasteiger charge is 2.14. The number of anilines is 1. The van der Waals surface area contributed by atoms with E-state index in [0.29, 0.717) is 5.82 Å². The third-order valence-electron chi connectivity index (χ3n) is 3.21. The van der Waals surface area contributed by atoms with E-state index in [1.165, 1.54) is 11.6 Å².